The lowest BCUT2D eigenvalue weighted by Crippen LogP contribution is -2.64. The summed E-state index contributed by atoms with van der Waals surface area (Å²) in [4.78, 5) is 35.7. The summed E-state index contributed by atoms with van der Waals surface area (Å²) in [5.41, 5.74) is 0. The van der Waals surface area contributed by atoms with Gasteiger partial charge < -0.3 is 39.9 Å². The molecule has 6 N–H and O–H groups in total. The summed E-state index contributed by atoms with van der Waals surface area (Å²) in [5, 5.41) is 50.2. The van der Waals surface area contributed by atoms with E-state index < -0.39 is 75.7 Å². The summed E-state index contributed by atoms with van der Waals surface area (Å²) >= 11 is 0. The van der Waals surface area contributed by atoms with Crippen molar-refractivity contribution in [2.24, 2.45) is 0 Å². The van der Waals surface area contributed by atoms with Gasteiger partial charge >= 0.3 is 19.8 Å². The maximum Gasteiger partial charge on any atom is 0.472 e. The van der Waals surface area contributed by atoms with E-state index in [0.717, 1.165) is 38.5 Å². The Morgan fingerprint density at radius 2 is 0.862 bits per heavy atom. The zero-order chi connectivity index (χ0) is 47.8. The van der Waals surface area contributed by atoms with E-state index in [2.05, 4.69) is 56.4 Å². The van der Waals surface area contributed by atoms with E-state index in [9.17, 15) is 44.6 Å². The van der Waals surface area contributed by atoms with E-state index in [0.29, 0.717) is 19.3 Å². The molecule has 0 aromatic carbocycles. The fourth-order valence-corrected chi connectivity index (χ4v) is 8.27. The van der Waals surface area contributed by atoms with Crippen molar-refractivity contribution in [2.75, 3.05) is 13.2 Å². The van der Waals surface area contributed by atoms with Crippen LogP contribution in [0.1, 0.15) is 194 Å². The summed E-state index contributed by atoms with van der Waals surface area (Å²) in [7, 11) is -5.14. The molecule has 0 aromatic rings. The molecule has 1 rings (SSSR count). The second-order valence-corrected chi connectivity index (χ2v) is 18.7. The number of carbonyl (C=O) groups excluding carboxylic acids is 2. The number of aliphatic hydroxyl groups excluding tert-OH is 5. The van der Waals surface area contributed by atoms with Gasteiger partial charge in [0.2, 0.25) is 0 Å². The van der Waals surface area contributed by atoms with Gasteiger partial charge in [0.1, 0.15) is 43.2 Å². The molecule has 65 heavy (non-hydrogen) atoms. The summed E-state index contributed by atoms with van der Waals surface area (Å²) in [6.45, 7) is 3.23. The minimum Gasteiger partial charge on any atom is -0.462 e. The number of aliphatic hydroxyl groups is 5. The molecule has 1 saturated carbocycles. The Labute approximate surface area is 392 Å². The van der Waals surface area contributed by atoms with Gasteiger partial charge in [0.15, 0.2) is 6.10 Å². The molecular formula is C51H89O13P. The Bertz CT molecular complexity index is 1370. The molecule has 1 aliphatic carbocycles. The van der Waals surface area contributed by atoms with Gasteiger partial charge in [0.05, 0.1) is 6.61 Å². The van der Waals surface area contributed by atoms with Crippen molar-refractivity contribution in [3.63, 3.8) is 0 Å². The number of allylic oxidation sites excluding steroid dienone is 10. The van der Waals surface area contributed by atoms with Crippen molar-refractivity contribution < 1.29 is 63.1 Å². The number of phosphoric acid groups is 1. The first-order valence-corrected chi connectivity index (χ1v) is 26.6. The number of esters is 2. The highest BCUT2D eigenvalue weighted by atomic mass is 31.2. The van der Waals surface area contributed by atoms with Gasteiger partial charge in [-0.1, -0.05) is 177 Å². The Kier molecular flexibility index (Phi) is 37.8. The van der Waals surface area contributed by atoms with Crippen LogP contribution in [0.3, 0.4) is 0 Å². The zero-order valence-corrected chi connectivity index (χ0v) is 40.9. The van der Waals surface area contributed by atoms with Crippen molar-refractivity contribution >= 4 is 19.8 Å². The van der Waals surface area contributed by atoms with E-state index >= 15 is 0 Å². The van der Waals surface area contributed by atoms with Crippen LogP contribution < -0.4 is 0 Å². The largest absolute Gasteiger partial charge is 0.472 e. The molecule has 0 spiro atoms. The molecule has 0 saturated heterocycles. The highest BCUT2D eigenvalue weighted by Gasteiger charge is 2.51. The molecule has 1 aliphatic rings. The Morgan fingerprint density at radius 3 is 1.34 bits per heavy atom. The van der Waals surface area contributed by atoms with Crippen LogP contribution in [0, 0.1) is 0 Å². The summed E-state index contributed by atoms with van der Waals surface area (Å²) in [5.74, 6) is -1.22. The van der Waals surface area contributed by atoms with Crippen molar-refractivity contribution in [1.29, 1.82) is 0 Å². The minimum atomic E-state index is -5.14. The molecule has 8 atom stereocenters. The second-order valence-electron chi connectivity index (χ2n) is 17.3. The van der Waals surface area contributed by atoms with E-state index in [-0.39, 0.29) is 12.8 Å². The number of carbonyl (C=O) groups is 2. The Morgan fingerprint density at radius 1 is 0.477 bits per heavy atom. The first-order chi connectivity index (χ1) is 31.4. The maximum atomic E-state index is 12.8. The number of ether oxygens (including phenoxy) is 2. The van der Waals surface area contributed by atoms with Crippen LogP contribution in [-0.2, 0) is 32.7 Å². The highest BCUT2D eigenvalue weighted by molar-refractivity contribution is 7.47. The number of unbranched alkanes of at least 4 members (excludes halogenated alkanes) is 19. The molecule has 0 bridgehead atoms. The molecule has 0 amide bonds. The Hall–Kier alpha value is -2.45. The first kappa shape index (κ1) is 60.6. The lowest BCUT2D eigenvalue weighted by atomic mass is 9.85. The molecule has 1 fully saturated rings. The van der Waals surface area contributed by atoms with Gasteiger partial charge in [-0.05, 0) is 64.2 Å². The third-order valence-corrected chi connectivity index (χ3v) is 12.3. The van der Waals surface area contributed by atoms with Crippen molar-refractivity contribution in [1.82, 2.24) is 0 Å². The molecular weight excluding hydrogens is 852 g/mol. The lowest BCUT2D eigenvalue weighted by molar-refractivity contribution is -0.220. The van der Waals surface area contributed by atoms with Gasteiger partial charge in [-0.15, -0.1) is 0 Å². The van der Waals surface area contributed by atoms with E-state index in [1.807, 2.05) is 18.2 Å². The molecule has 0 heterocycles. The summed E-state index contributed by atoms with van der Waals surface area (Å²) < 4.78 is 33.5. The summed E-state index contributed by atoms with van der Waals surface area (Å²) in [6.07, 6.45) is 37.2. The van der Waals surface area contributed by atoms with Crippen LogP contribution in [0.5, 0.6) is 0 Å². The van der Waals surface area contributed by atoms with E-state index in [1.165, 1.54) is 109 Å². The smallest absolute Gasteiger partial charge is 0.462 e. The van der Waals surface area contributed by atoms with Gasteiger partial charge in [-0.3, -0.25) is 18.6 Å². The third-order valence-electron chi connectivity index (χ3n) is 11.3. The van der Waals surface area contributed by atoms with Crippen LogP contribution in [0.15, 0.2) is 60.8 Å². The number of phosphoric ester groups is 1. The number of hydrogen-bond donors (Lipinski definition) is 6. The van der Waals surface area contributed by atoms with Crippen LogP contribution in [0.2, 0.25) is 0 Å². The van der Waals surface area contributed by atoms with Gasteiger partial charge in [0.25, 0.3) is 0 Å². The average Bonchev–Trinajstić information content (AvgIpc) is 3.29. The zero-order valence-electron chi connectivity index (χ0n) is 40.0. The van der Waals surface area contributed by atoms with Crippen molar-refractivity contribution in [3.05, 3.63) is 60.8 Å². The molecule has 13 nitrogen and oxygen atoms in total. The third kappa shape index (κ3) is 32.8. The molecule has 6 unspecified atom stereocenters. The number of rotatable bonds is 41. The second kappa shape index (κ2) is 40.6. The van der Waals surface area contributed by atoms with E-state index in [4.69, 9.17) is 18.5 Å². The van der Waals surface area contributed by atoms with Crippen molar-refractivity contribution in [3.8, 4) is 0 Å². The quantitative estimate of drug-likeness (QED) is 0.0146. The number of hydrogen-bond acceptors (Lipinski definition) is 12. The lowest BCUT2D eigenvalue weighted by Gasteiger charge is -2.41. The average molecular weight is 941 g/mol. The standard InChI is InChI=1S/C51H89O13P/c1-3-5-7-9-11-13-15-17-19-20-21-22-23-24-26-28-30-32-34-36-38-40-45(53)63-43(42-62-65(59,60)64-51-49(57)47(55)46(54)48(56)50(51)58)41-61-44(52)39-37-35-33-31-29-27-25-18-16-14-12-10-8-6-4-2/h19-20,22-23,26,28,32-35,43,46-51,54-58H,3-18,21,24-25,27,29-31,36-42H2,1-2H3,(H,59,60)/b20-19+,23-22+,28-26+,34-32+,35-33+/t43-,46?,47-,48?,49?,50?,51?/m1/s1. The Balaban J connectivity index is 2.49. The highest BCUT2D eigenvalue weighted by Crippen LogP contribution is 2.47. The maximum absolute atomic E-state index is 12.8. The molecule has 14 heteroatoms. The molecule has 0 radical (unpaired) electrons. The fourth-order valence-electron chi connectivity index (χ4n) is 7.30. The summed E-state index contributed by atoms with van der Waals surface area (Å²) in [6, 6.07) is 0. The van der Waals surface area contributed by atoms with Gasteiger partial charge in [-0.25, -0.2) is 4.57 Å². The van der Waals surface area contributed by atoms with Crippen LogP contribution in [0.4, 0.5) is 0 Å². The minimum absolute atomic E-state index is 0.0126. The molecule has 0 aliphatic heterocycles. The SMILES string of the molecule is CCCCCCCCC/C=C/C/C=C/C/C=C/C/C=C/CCCC(=O)O[C@H](COC(=O)CC/C=C/CCCCCCCCCCCCC)COP(=O)(O)OC1C(O)C(O)C(O)[C@@H](O)C1O. The van der Waals surface area contributed by atoms with Gasteiger partial charge in [-0.2, -0.15) is 0 Å². The topological polar surface area (TPSA) is 210 Å². The van der Waals surface area contributed by atoms with Crippen LogP contribution >= 0.6 is 7.82 Å². The molecule has 0 aromatic heterocycles. The fraction of sp³-hybridized carbons (Fsp3) is 0.765. The van der Waals surface area contributed by atoms with Crippen LogP contribution in [0.25, 0.3) is 0 Å². The van der Waals surface area contributed by atoms with E-state index in [1.54, 1.807) is 0 Å². The molecule has 376 valence electrons. The predicted octanol–water partition coefficient (Wildman–Crippen LogP) is 10.5. The normalized spacial score (nSPS) is 21.9. The monoisotopic (exact) mass is 941 g/mol. The van der Waals surface area contributed by atoms with Crippen LogP contribution in [-0.4, -0.2) is 98.3 Å². The van der Waals surface area contributed by atoms with Gasteiger partial charge in [0, 0.05) is 12.8 Å². The first-order valence-electron chi connectivity index (χ1n) is 25.1. The predicted molar refractivity (Wildman–Crippen MR) is 258 cm³/mol. The van der Waals surface area contributed by atoms with Crippen molar-refractivity contribution in [2.45, 2.75) is 236 Å².